The summed E-state index contributed by atoms with van der Waals surface area (Å²) in [6.45, 7) is 4.33. The van der Waals surface area contributed by atoms with Crippen molar-refractivity contribution in [2.75, 3.05) is 0 Å². The van der Waals surface area contributed by atoms with Gasteiger partial charge in [0.1, 0.15) is 0 Å². The fourth-order valence-corrected chi connectivity index (χ4v) is 0. The van der Waals surface area contributed by atoms with Crippen LogP contribution in [0.5, 0.6) is 0 Å². The molecule has 0 saturated heterocycles. The number of carbonyl (C=O) groups is 4. The Labute approximate surface area is 125 Å². The Hall–Kier alpha value is -1.08. The first-order chi connectivity index (χ1) is 6.93. The number of hydrogen-bond acceptors (Lipinski definition) is 4. The smallest absolute Gasteiger partial charge is 0.300 e. The molecule has 10 heteroatoms. The van der Waals surface area contributed by atoms with Crippen LogP contribution in [0.4, 0.5) is 0 Å². The Morgan fingerprint density at radius 2 is 0.556 bits per heavy atom. The monoisotopic (exact) mass is 359 g/mol. The van der Waals surface area contributed by atoms with Crippen LogP contribution in [0, 0.1) is 0 Å². The second kappa shape index (κ2) is 29.7. The molecule has 0 saturated carbocycles. The third-order valence-electron chi connectivity index (χ3n) is 0. The van der Waals surface area contributed by atoms with Crippen molar-refractivity contribution in [1.29, 1.82) is 0 Å². The van der Waals surface area contributed by atoms with Gasteiger partial charge in [-0.05, 0) is 0 Å². The Morgan fingerprint density at radius 1 is 0.556 bits per heavy atom. The van der Waals surface area contributed by atoms with E-state index in [0.29, 0.717) is 0 Å². The molecule has 1 radical (unpaired) electrons. The summed E-state index contributed by atoms with van der Waals surface area (Å²) >= 11 is 0. The maximum Gasteiger partial charge on any atom is 0.300 e. The van der Waals surface area contributed by atoms with E-state index in [1.807, 2.05) is 0 Å². The van der Waals surface area contributed by atoms with Gasteiger partial charge in [0.05, 0.1) is 0 Å². The van der Waals surface area contributed by atoms with E-state index in [4.69, 9.17) is 39.6 Å². The number of carboxylic acid groups (broad SMARTS) is 4. The molecule has 4 N–H and O–H groups in total. The van der Waals surface area contributed by atoms with Gasteiger partial charge in [-0.25, -0.2) is 0 Å². The van der Waals surface area contributed by atoms with Gasteiger partial charge >= 0.3 is 0 Å². The average Bonchev–Trinajstić information content (AvgIpc) is 1.76. The first-order valence-corrected chi connectivity index (χ1v) is 3.71. The molecule has 0 atom stereocenters. The van der Waals surface area contributed by atoms with Crippen molar-refractivity contribution in [2.45, 2.75) is 27.7 Å². The van der Waals surface area contributed by atoms with Gasteiger partial charge in [-0.15, -0.1) is 0 Å². The van der Waals surface area contributed by atoms with E-state index in [9.17, 15) is 0 Å². The van der Waals surface area contributed by atoms with E-state index in [1.165, 1.54) is 0 Å². The fraction of sp³-hybridized carbons (Fsp3) is 0.500. The van der Waals surface area contributed by atoms with E-state index in [1.54, 1.807) is 0 Å². The molecule has 0 aliphatic rings. The largest absolute Gasteiger partial charge is 0.481 e. The summed E-state index contributed by atoms with van der Waals surface area (Å²) in [4.78, 5) is 36.0. The molecule has 0 aromatic carbocycles. The molecule has 18 heavy (non-hydrogen) atoms. The summed E-state index contributed by atoms with van der Waals surface area (Å²) in [5.41, 5.74) is 0. The molecular weight excluding hydrogens is 343 g/mol. The molecule has 0 aliphatic carbocycles. The van der Waals surface area contributed by atoms with Gasteiger partial charge in [0.2, 0.25) is 0 Å². The minimum absolute atomic E-state index is 0. The average molecular weight is 360 g/mol. The Morgan fingerprint density at radius 3 is 0.556 bits per heavy atom. The second-order valence-electron chi connectivity index (χ2n) is 2.08. The molecule has 0 bridgehead atoms. The van der Waals surface area contributed by atoms with Crippen LogP contribution in [0.15, 0.2) is 0 Å². The van der Waals surface area contributed by atoms with Gasteiger partial charge in [-0.3, -0.25) is 19.2 Å². The van der Waals surface area contributed by atoms with Crippen LogP contribution < -0.4 is 0 Å². The third-order valence-corrected chi connectivity index (χ3v) is 0. The number of carboxylic acids is 4. The second-order valence-corrected chi connectivity index (χ2v) is 2.08. The van der Waals surface area contributed by atoms with Crippen molar-refractivity contribution in [2.24, 2.45) is 0 Å². The molecule has 8 nitrogen and oxygen atoms in total. The molecule has 0 rings (SSSR count). The SMILES string of the molecule is CC(=O)O.CC(=O)O.CC(=O)O.CC(=O)O.[Cu].[Fe]. The first kappa shape index (κ1) is 36.0. The van der Waals surface area contributed by atoms with Crippen LogP contribution in [0.2, 0.25) is 0 Å². The minimum Gasteiger partial charge on any atom is -0.481 e. The standard InChI is InChI=1S/4C2H4O2.Cu.Fe/c4*1-2(3)4;;/h4*1H3,(H,3,4);;. The first-order valence-electron chi connectivity index (χ1n) is 3.71. The molecular formula is C8H16CuFeO8. The summed E-state index contributed by atoms with van der Waals surface area (Å²) in [5.74, 6) is -3.33. The summed E-state index contributed by atoms with van der Waals surface area (Å²) in [6, 6.07) is 0. The number of rotatable bonds is 0. The van der Waals surface area contributed by atoms with Crippen molar-refractivity contribution in [1.82, 2.24) is 0 Å². The molecule has 0 spiro atoms. The molecule has 0 fully saturated rings. The van der Waals surface area contributed by atoms with Crippen LogP contribution in [0.1, 0.15) is 27.7 Å². The number of hydrogen-bond donors (Lipinski definition) is 4. The normalized spacial score (nSPS) is 5.56. The molecule has 0 unspecified atom stereocenters. The molecule has 115 valence electrons. The fourth-order valence-electron chi connectivity index (χ4n) is 0. The van der Waals surface area contributed by atoms with E-state index >= 15 is 0 Å². The van der Waals surface area contributed by atoms with Gasteiger partial charge in [0, 0.05) is 61.8 Å². The predicted molar refractivity (Wildman–Crippen MR) is 53.2 cm³/mol. The van der Waals surface area contributed by atoms with Crippen molar-refractivity contribution >= 4 is 23.9 Å². The third kappa shape index (κ3) is 2470. The van der Waals surface area contributed by atoms with Crippen LogP contribution in [-0.4, -0.2) is 44.3 Å². The Balaban J connectivity index is -0.0000000257. The zero-order valence-corrected chi connectivity index (χ0v) is 12.1. The molecule has 0 aromatic rings. The van der Waals surface area contributed by atoms with E-state index in [0.717, 1.165) is 27.7 Å². The molecule has 0 aromatic heterocycles. The van der Waals surface area contributed by atoms with E-state index < -0.39 is 23.9 Å². The maximum absolute atomic E-state index is 9.00. The Kier molecular flexibility index (Phi) is 59.4. The topological polar surface area (TPSA) is 149 Å². The van der Waals surface area contributed by atoms with Crippen molar-refractivity contribution in [3.05, 3.63) is 0 Å². The van der Waals surface area contributed by atoms with Gasteiger partial charge in [0.15, 0.2) is 0 Å². The summed E-state index contributed by atoms with van der Waals surface area (Å²) in [7, 11) is 0. The van der Waals surface area contributed by atoms with E-state index in [2.05, 4.69) is 0 Å². The summed E-state index contributed by atoms with van der Waals surface area (Å²) in [6.07, 6.45) is 0. The van der Waals surface area contributed by atoms with Crippen molar-refractivity contribution in [3.63, 3.8) is 0 Å². The quantitative estimate of drug-likeness (QED) is 0.453. The van der Waals surface area contributed by atoms with Gasteiger partial charge in [-0.1, -0.05) is 0 Å². The maximum atomic E-state index is 9.00. The zero-order valence-electron chi connectivity index (χ0n) is 10.1. The van der Waals surface area contributed by atoms with Crippen LogP contribution in [-0.2, 0) is 53.3 Å². The molecule has 0 amide bonds. The molecule has 0 heterocycles. The zero-order chi connectivity index (χ0) is 14.3. The van der Waals surface area contributed by atoms with Gasteiger partial charge in [-0.2, -0.15) is 0 Å². The summed E-state index contributed by atoms with van der Waals surface area (Å²) < 4.78 is 0. The van der Waals surface area contributed by atoms with Crippen LogP contribution >= 0.6 is 0 Å². The van der Waals surface area contributed by atoms with Crippen molar-refractivity contribution in [3.8, 4) is 0 Å². The van der Waals surface area contributed by atoms with Gasteiger partial charge < -0.3 is 20.4 Å². The Bertz CT molecular complexity index is 167. The molecule has 0 aliphatic heterocycles. The van der Waals surface area contributed by atoms with E-state index in [-0.39, 0.29) is 34.1 Å². The number of aliphatic carboxylic acids is 4. The van der Waals surface area contributed by atoms with Gasteiger partial charge in [0.25, 0.3) is 23.9 Å². The van der Waals surface area contributed by atoms with Crippen LogP contribution in [0.25, 0.3) is 0 Å². The summed E-state index contributed by atoms with van der Waals surface area (Å²) in [5, 5.41) is 29.7. The predicted octanol–water partition coefficient (Wildman–Crippen LogP) is 0.359. The minimum atomic E-state index is -0.833. The van der Waals surface area contributed by atoms with Crippen LogP contribution in [0.3, 0.4) is 0 Å². The van der Waals surface area contributed by atoms with Crippen molar-refractivity contribution < 1.29 is 73.7 Å².